The van der Waals surface area contributed by atoms with Crippen molar-refractivity contribution < 1.29 is 40.4 Å². The number of aryl methyl sites for hydroxylation is 2. The molecule has 3 heterocycles. The van der Waals surface area contributed by atoms with Crippen LogP contribution < -0.4 is 0 Å². The van der Waals surface area contributed by atoms with Gasteiger partial charge in [-0.25, -0.2) is 4.79 Å². The number of ether oxygens (including phenoxy) is 1. The lowest BCUT2D eigenvalue weighted by Crippen LogP contribution is -2.49. The van der Waals surface area contributed by atoms with Crippen LogP contribution in [-0.2, 0) is 11.8 Å². The van der Waals surface area contributed by atoms with Crippen molar-refractivity contribution in [2.45, 2.75) is 44.1 Å². The van der Waals surface area contributed by atoms with Gasteiger partial charge in [-0.1, -0.05) is 17.3 Å². The van der Waals surface area contributed by atoms with Crippen LogP contribution in [0.25, 0.3) is 22.3 Å². The Kier molecular flexibility index (Phi) is 5.94. The number of carbonyl (C=O) groups excluding carboxylic acids is 1. The Morgan fingerprint density at radius 3 is 2.41 bits per heavy atom. The molecule has 0 saturated carbocycles. The molecule has 0 aliphatic carbocycles. The molecule has 3 aromatic rings. The summed E-state index contributed by atoms with van der Waals surface area (Å²) < 4.78 is 86.6. The van der Waals surface area contributed by atoms with E-state index in [0.29, 0.717) is 11.4 Å². The lowest BCUT2D eigenvalue weighted by atomic mass is 9.97. The van der Waals surface area contributed by atoms with Gasteiger partial charge in [0, 0.05) is 37.0 Å². The van der Waals surface area contributed by atoms with Gasteiger partial charge in [0.2, 0.25) is 11.7 Å². The number of likely N-dealkylation sites (tertiary alicyclic amines) is 1. The van der Waals surface area contributed by atoms with Crippen LogP contribution in [-0.4, -0.2) is 62.5 Å². The van der Waals surface area contributed by atoms with Crippen LogP contribution in [0.1, 0.15) is 30.3 Å². The van der Waals surface area contributed by atoms with E-state index in [1.165, 1.54) is 0 Å². The molecule has 4 rings (SSSR count). The third-order valence-corrected chi connectivity index (χ3v) is 5.65. The third kappa shape index (κ3) is 4.66. The first kappa shape index (κ1) is 23.8. The van der Waals surface area contributed by atoms with Crippen molar-refractivity contribution in [3.05, 3.63) is 29.8 Å². The number of benzene rings is 1. The highest BCUT2D eigenvalue weighted by molar-refractivity contribution is 5.85. The molecular weight excluding hydrogens is 472 g/mol. The number of carbonyl (C=O) groups is 1. The summed E-state index contributed by atoms with van der Waals surface area (Å²) in [5.41, 5.74) is 2.45. The van der Waals surface area contributed by atoms with E-state index in [4.69, 9.17) is 4.52 Å². The summed E-state index contributed by atoms with van der Waals surface area (Å²) >= 11 is 0. The van der Waals surface area contributed by atoms with Crippen molar-refractivity contribution in [3.63, 3.8) is 0 Å². The van der Waals surface area contributed by atoms with Gasteiger partial charge in [-0.05, 0) is 25.8 Å². The Balaban J connectivity index is 1.41. The molecule has 1 aliphatic rings. The molecule has 1 aromatic carbocycles. The lowest BCUT2D eigenvalue weighted by molar-refractivity contribution is -0.308. The summed E-state index contributed by atoms with van der Waals surface area (Å²) in [6, 6.07) is 5.57. The first-order valence-electron chi connectivity index (χ1n) is 10.2. The Bertz CT molecular complexity index is 1180. The molecule has 0 unspecified atom stereocenters. The first-order chi connectivity index (χ1) is 15.8. The Labute approximate surface area is 188 Å². The minimum absolute atomic E-state index is 0.121. The number of alkyl halides is 6. The summed E-state index contributed by atoms with van der Waals surface area (Å²) in [7, 11) is 1.81. The molecule has 0 spiro atoms. The fourth-order valence-corrected chi connectivity index (χ4v) is 3.90. The van der Waals surface area contributed by atoms with Gasteiger partial charge in [0.25, 0.3) is 6.10 Å². The van der Waals surface area contributed by atoms with Crippen LogP contribution >= 0.6 is 0 Å². The number of halogens is 6. The van der Waals surface area contributed by atoms with Gasteiger partial charge < -0.3 is 14.2 Å². The maximum Gasteiger partial charge on any atom is 0.434 e. The molecular formula is C20H19F6N5O3. The van der Waals surface area contributed by atoms with Crippen molar-refractivity contribution in [2.75, 3.05) is 13.1 Å². The predicted octanol–water partition coefficient (Wildman–Crippen LogP) is 4.74. The molecule has 34 heavy (non-hydrogen) atoms. The van der Waals surface area contributed by atoms with E-state index >= 15 is 0 Å². The van der Waals surface area contributed by atoms with E-state index < -0.39 is 24.5 Å². The summed E-state index contributed by atoms with van der Waals surface area (Å²) in [5.74, 6) is 0.289. The van der Waals surface area contributed by atoms with Crippen LogP contribution in [0.3, 0.4) is 0 Å². The fraction of sp³-hybridized carbons (Fsp3) is 0.500. The van der Waals surface area contributed by atoms with Crippen molar-refractivity contribution in [1.82, 2.24) is 24.8 Å². The number of piperidine rings is 1. The number of nitrogens with zero attached hydrogens (tertiary/aromatic N) is 5. The summed E-state index contributed by atoms with van der Waals surface area (Å²) in [5, 5.41) is 9.32. The molecule has 184 valence electrons. The van der Waals surface area contributed by atoms with Crippen molar-refractivity contribution in [1.29, 1.82) is 0 Å². The van der Waals surface area contributed by atoms with E-state index in [9.17, 15) is 31.1 Å². The molecule has 1 saturated heterocycles. The zero-order valence-electron chi connectivity index (χ0n) is 17.9. The number of aromatic nitrogens is 4. The van der Waals surface area contributed by atoms with E-state index in [2.05, 4.69) is 20.0 Å². The van der Waals surface area contributed by atoms with Crippen LogP contribution in [0, 0.1) is 6.92 Å². The molecule has 0 N–H and O–H groups in total. The zero-order chi connectivity index (χ0) is 24.8. The average molecular weight is 491 g/mol. The Morgan fingerprint density at radius 2 is 1.79 bits per heavy atom. The standard InChI is InChI=1S/C20H19F6N5O3/c1-10-13-4-3-12(9-14(13)30(2)28-10)15-27-16(34-29-15)11-5-7-31(8-6-11)18(32)33-17(19(21,22)23)20(24,25)26/h3-4,9,11,17H,5-8H2,1-2H3. The third-order valence-electron chi connectivity index (χ3n) is 5.65. The number of hydrogen-bond acceptors (Lipinski definition) is 6. The molecule has 1 fully saturated rings. The average Bonchev–Trinajstić information content (AvgIpc) is 3.35. The fourth-order valence-electron chi connectivity index (χ4n) is 3.90. The Hall–Kier alpha value is -3.32. The number of amides is 1. The Morgan fingerprint density at radius 1 is 1.15 bits per heavy atom. The van der Waals surface area contributed by atoms with E-state index in [0.717, 1.165) is 21.5 Å². The van der Waals surface area contributed by atoms with Gasteiger partial charge in [0.15, 0.2) is 0 Å². The van der Waals surface area contributed by atoms with Crippen LogP contribution in [0.2, 0.25) is 0 Å². The minimum atomic E-state index is -5.76. The highest BCUT2D eigenvalue weighted by Crippen LogP contribution is 2.37. The van der Waals surface area contributed by atoms with Crippen LogP contribution in [0.5, 0.6) is 0 Å². The molecule has 1 amide bonds. The maximum absolute atomic E-state index is 12.6. The predicted molar refractivity (Wildman–Crippen MR) is 105 cm³/mol. The van der Waals surface area contributed by atoms with Crippen LogP contribution in [0.4, 0.5) is 31.1 Å². The van der Waals surface area contributed by atoms with Gasteiger partial charge in [-0.2, -0.15) is 36.4 Å². The summed E-state index contributed by atoms with van der Waals surface area (Å²) in [6.45, 7) is 1.65. The zero-order valence-corrected chi connectivity index (χ0v) is 17.9. The van der Waals surface area contributed by atoms with E-state index in [1.807, 2.05) is 32.2 Å². The molecule has 14 heteroatoms. The SMILES string of the molecule is Cc1nn(C)c2cc(-c3noc(C4CCN(C(=O)OC(C(F)(F)F)C(F)(F)F)CC4)n3)ccc12. The summed E-state index contributed by atoms with van der Waals surface area (Å²) in [4.78, 5) is 17.1. The second-order valence-corrected chi connectivity index (χ2v) is 8.01. The van der Waals surface area contributed by atoms with Gasteiger partial charge in [0.05, 0.1) is 11.2 Å². The molecule has 2 aromatic heterocycles. The molecule has 1 aliphatic heterocycles. The second-order valence-electron chi connectivity index (χ2n) is 8.01. The normalized spacial score (nSPS) is 16.0. The van der Waals surface area contributed by atoms with Crippen molar-refractivity contribution in [2.24, 2.45) is 7.05 Å². The maximum atomic E-state index is 12.6. The number of hydrogen-bond donors (Lipinski definition) is 0. The van der Waals surface area contributed by atoms with Crippen molar-refractivity contribution >= 4 is 17.0 Å². The molecule has 0 bridgehead atoms. The highest BCUT2D eigenvalue weighted by Gasteiger charge is 2.60. The minimum Gasteiger partial charge on any atom is -0.426 e. The summed E-state index contributed by atoms with van der Waals surface area (Å²) in [6.07, 6.45) is -17.0. The van der Waals surface area contributed by atoms with E-state index in [1.54, 1.807) is 4.68 Å². The molecule has 0 atom stereocenters. The monoisotopic (exact) mass is 491 g/mol. The molecule has 8 nitrogen and oxygen atoms in total. The topological polar surface area (TPSA) is 86.3 Å². The van der Waals surface area contributed by atoms with Gasteiger partial charge >= 0.3 is 18.4 Å². The largest absolute Gasteiger partial charge is 0.434 e. The second kappa shape index (κ2) is 8.47. The lowest BCUT2D eigenvalue weighted by Gasteiger charge is -2.31. The number of fused-ring (bicyclic) bond motifs is 1. The van der Waals surface area contributed by atoms with Crippen molar-refractivity contribution in [3.8, 4) is 11.4 Å². The quantitative estimate of drug-likeness (QED) is 0.492. The van der Waals surface area contributed by atoms with Gasteiger partial charge in [0.1, 0.15) is 0 Å². The first-order valence-corrected chi connectivity index (χ1v) is 10.2. The number of rotatable bonds is 3. The molecule has 0 radical (unpaired) electrons. The van der Waals surface area contributed by atoms with Crippen LogP contribution in [0.15, 0.2) is 22.7 Å². The van der Waals surface area contributed by atoms with E-state index in [-0.39, 0.29) is 37.7 Å². The van der Waals surface area contributed by atoms with Gasteiger partial charge in [-0.15, -0.1) is 0 Å². The van der Waals surface area contributed by atoms with Gasteiger partial charge in [-0.3, -0.25) is 4.68 Å². The highest BCUT2D eigenvalue weighted by atomic mass is 19.4. The smallest absolute Gasteiger partial charge is 0.426 e.